The Morgan fingerprint density at radius 3 is 2.40 bits per heavy atom. The molecule has 1 aromatic heterocycles. The minimum atomic E-state index is -4.56. The lowest BCUT2D eigenvalue weighted by Gasteiger charge is -2.16. The number of ether oxygens (including phenoxy) is 1. The monoisotopic (exact) mass is 374 g/mol. The molecule has 0 amide bonds. The molecule has 0 bridgehead atoms. The van der Waals surface area contributed by atoms with Gasteiger partial charge in [0, 0.05) is 13.6 Å². The predicted molar refractivity (Wildman–Crippen MR) is 86.3 cm³/mol. The van der Waals surface area contributed by atoms with Crippen molar-refractivity contribution in [1.82, 2.24) is 19.2 Å². The van der Waals surface area contributed by atoms with Crippen molar-refractivity contribution in [1.29, 1.82) is 0 Å². The van der Waals surface area contributed by atoms with Crippen molar-refractivity contribution in [3.05, 3.63) is 46.0 Å². The van der Waals surface area contributed by atoms with Gasteiger partial charge in [-0.2, -0.15) is 13.2 Å². The normalized spacial score (nSPS) is 11.8. The van der Waals surface area contributed by atoms with Crippen molar-refractivity contribution in [3.8, 4) is 0 Å². The van der Waals surface area contributed by atoms with Gasteiger partial charge in [0.2, 0.25) is 5.82 Å². The third-order valence-corrected chi connectivity index (χ3v) is 3.98. The third-order valence-electron chi connectivity index (χ3n) is 3.50. The number of nitrogens with zero attached hydrogens (tertiary/aromatic N) is 4. The van der Waals surface area contributed by atoms with Crippen LogP contribution in [0.1, 0.15) is 21.7 Å². The Labute approximate surface area is 147 Å². The Morgan fingerprint density at radius 1 is 1.32 bits per heavy atom. The van der Waals surface area contributed by atoms with Crippen LogP contribution in [0.5, 0.6) is 0 Å². The van der Waals surface area contributed by atoms with E-state index in [0.29, 0.717) is 12.1 Å². The second kappa shape index (κ2) is 7.36. The van der Waals surface area contributed by atoms with Crippen LogP contribution in [0.4, 0.5) is 13.2 Å². The molecule has 1 heterocycles. The third kappa shape index (κ3) is 4.45. The highest BCUT2D eigenvalue weighted by atomic mass is 32.1. The minimum Gasteiger partial charge on any atom is -0.465 e. The molecule has 0 unspecified atom stereocenters. The maximum atomic E-state index is 12.9. The minimum absolute atomic E-state index is 0.0137. The summed E-state index contributed by atoms with van der Waals surface area (Å²) in [5.41, 5.74) is 1.31. The Hall–Kier alpha value is -2.20. The highest BCUT2D eigenvalue weighted by Gasteiger charge is 2.37. The number of halogens is 3. The van der Waals surface area contributed by atoms with Gasteiger partial charge in [-0.05, 0) is 37.0 Å². The van der Waals surface area contributed by atoms with E-state index in [4.69, 9.17) is 12.2 Å². The number of hydrogen-bond donors (Lipinski definition) is 0. The van der Waals surface area contributed by atoms with E-state index in [2.05, 4.69) is 9.84 Å². The number of rotatable bonds is 5. The van der Waals surface area contributed by atoms with E-state index < -0.39 is 18.0 Å². The first-order chi connectivity index (χ1) is 11.6. The van der Waals surface area contributed by atoms with E-state index in [9.17, 15) is 18.0 Å². The van der Waals surface area contributed by atoms with Gasteiger partial charge < -0.3 is 4.74 Å². The Morgan fingerprint density at radius 2 is 1.92 bits per heavy atom. The lowest BCUT2D eigenvalue weighted by Crippen LogP contribution is -2.23. The smallest absolute Gasteiger partial charge is 0.451 e. The van der Waals surface area contributed by atoms with E-state index >= 15 is 0 Å². The molecule has 0 atom stereocenters. The van der Waals surface area contributed by atoms with Crippen molar-refractivity contribution in [2.75, 3.05) is 14.2 Å². The summed E-state index contributed by atoms with van der Waals surface area (Å²) in [6.07, 6.45) is -4.56. The summed E-state index contributed by atoms with van der Waals surface area (Å²) in [6, 6.07) is 6.76. The van der Waals surface area contributed by atoms with Gasteiger partial charge in [-0.3, -0.25) is 9.47 Å². The molecule has 10 heteroatoms. The average Bonchev–Trinajstić information content (AvgIpc) is 2.83. The topological polar surface area (TPSA) is 52.3 Å². The van der Waals surface area contributed by atoms with Crippen molar-refractivity contribution < 1.29 is 22.7 Å². The largest absolute Gasteiger partial charge is 0.465 e. The van der Waals surface area contributed by atoms with Gasteiger partial charge >= 0.3 is 12.1 Å². The Balaban J connectivity index is 2.09. The molecule has 0 saturated heterocycles. The highest BCUT2D eigenvalue weighted by Crippen LogP contribution is 2.27. The molecule has 6 nitrogen and oxygen atoms in total. The van der Waals surface area contributed by atoms with Crippen LogP contribution in [0.15, 0.2) is 24.3 Å². The van der Waals surface area contributed by atoms with Crippen molar-refractivity contribution in [2.45, 2.75) is 19.4 Å². The van der Waals surface area contributed by atoms with Crippen molar-refractivity contribution in [2.24, 2.45) is 7.05 Å². The summed E-state index contributed by atoms with van der Waals surface area (Å²) in [4.78, 5) is 13.2. The van der Waals surface area contributed by atoms with Crippen LogP contribution < -0.4 is 0 Å². The van der Waals surface area contributed by atoms with Gasteiger partial charge in [0.15, 0.2) is 4.77 Å². The molecular weight excluding hydrogens is 357 g/mol. The van der Waals surface area contributed by atoms with E-state index in [1.807, 2.05) is 0 Å². The molecule has 0 aliphatic rings. The van der Waals surface area contributed by atoms with Gasteiger partial charge in [0.05, 0.1) is 19.3 Å². The van der Waals surface area contributed by atoms with E-state index in [-0.39, 0.29) is 11.4 Å². The van der Waals surface area contributed by atoms with Crippen molar-refractivity contribution >= 4 is 18.2 Å². The fraction of sp³-hybridized carbons (Fsp3) is 0.400. The van der Waals surface area contributed by atoms with Crippen LogP contribution in [0.2, 0.25) is 0 Å². The summed E-state index contributed by atoms with van der Waals surface area (Å²) < 4.78 is 45.2. The van der Waals surface area contributed by atoms with Crippen LogP contribution in [-0.2, 0) is 31.2 Å². The molecule has 0 radical (unpaired) electrons. The Kier molecular flexibility index (Phi) is 5.63. The molecule has 25 heavy (non-hydrogen) atoms. The average molecular weight is 374 g/mol. The maximum absolute atomic E-state index is 12.9. The first kappa shape index (κ1) is 19.1. The molecule has 0 saturated carbocycles. The second-order valence-electron chi connectivity index (χ2n) is 5.51. The number of alkyl halides is 3. The predicted octanol–water partition coefficient (Wildman–Crippen LogP) is 2.85. The zero-order valence-electron chi connectivity index (χ0n) is 13.9. The van der Waals surface area contributed by atoms with E-state index in [0.717, 1.165) is 14.8 Å². The van der Waals surface area contributed by atoms with Crippen LogP contribution >= 0.6 is 12.2 Å². The summed E-state index contributed by atoms with van der Waals surface area (Å²) in [5, 5.41) is 3.56. The van der Waals surface area contributed by atoms with Crippen LogP contribution in [0, 0.1) is 4.77 Å². The van der Waals surface area contributed by atoms with Gasteiger partial charge in [-0.25, -0.2) is 9.48 Å². The molecule has 0 spiro atoms. The maximum Gasteiger partial charge on any atom is 0.451 e. The van der Waals surface area contributed by atoms with Gasteiger partial charge in [0.25, 0.3) is 0 Å². The summed E-state index contributed by atoms with van der Waals surface area (Å²) in [7, 11) is 4.27. The quantitative estimate of drug-likeness (QED) is 0.595. The molecule has 136 valence electrons. The molecule has 1 aromatic carbocycles. The van der Waals surface area contributed by atoms with E-state index in [1.54, 1.807) is 36.2 Å². The molecule has 0 fully saturated rings. The molecule has 0 N–H and O–H groups in total. The second-order valence-corrected chi connectivity index (χ2v) is 5.87. The fourth-order valence-electron chi connectivity index (χ4n) is 2.28. The van der Waals surface area contributed by atoms with Gasteiger partial charge in [-0.1, -0.05) is 12.1 Å². The molecule has 0 aliphatic carbocycles. The van der Waals surface area contributed by atoms with Crippen molar-refractivity contribution in [3.63, 3.8) is 0 Å². The molecule has 2 aromatic rings. The number of carbonyl (C=O) groups excluding carboxylic acids is 1. The van der Waals surface area contributed by atoms with E-state index in [1.165, 1.54) is 14.2 Å². The Bertz CT molecular complexity index is 812. The number of esters is 1. The zero-order valence-corrected chi connectivity index (χ0v) is 14.7. The summed E-state index contributed by atoms with van der Waals surface area (Å²) >= 11 is 5.01. The van der Waals surface area contributed by atoms with Crippen LogP contribution in [0.3, 0.4) is 0 Å². The van der Waals surface area contributed by atoms with Gasteiger partial charge in [-0.15, -0.1) is 5.10 Å². The number of aromatic nitrogens is 3. The standard InChI is InChI=1S/C15H17F3N4O2S/c1-20(8-10-4-6-11(7-5-10)12(23)24-3)9-22-14(25)21(2)13(19-22)15(16,17)18/h4-7H,8-9H2,1-3H3. The fourth-order valence-corrected chi connectivity index (χ4v) is 2.47. The summed E-state index contributed by atoms with van der Waals surface area (Å²) in [6.45, 7) is 0.544. The molecular formula is C15H17F3N4O2S. The SMILES string of the molecule is COC(=O)c1ccc(CN(C)Cn2nc(C(F)(F)F)n(C)c2=S)cc1. The first-order valence-corrected chi connectivity index (χ1v) is 7.61. The summed E-state index contributed by atoms with van der Waals surface area (Å²) in [5.74, 6) is -1.47. The van der Waals surface area contributed by atoms with Crippen LogP contribution in [0.25, 0.3) is 0 Å². The lowest BCUT2D eigenvalue weighted by molar-refractivity contribution is -0.147. The molecule has 0 aliphatic heterocycles. The number of benzene rings is 1. The first-order valence-electron chi connectivity index (χ1n) is 7.20. The highest BCUT2D eigenvalue weighted by molar-refractivity contribution is 7.71. The number of carbonyl (C=O) groups is 1. The molecule has 2 rings (SSSR count). The van der Waals surface area contributed by atoms with Gasteiger partial charge in [0.1, 0.15) is 0 Å². The zero-order chi connectivity index (χ0) is 18.8. The van der Waals surface area contributed by atoms with Crippen LogP contribution in [-0.4, -0.2) is 39.4 Å². The lowest BCUT2D eigenvalue weighted by atomic mass is 10.1. The number of hydrogen-bond acceptors (Lipinski definition) is 5. The number of methoxy groups -OCH3 is 1.